The zero-order valence-corrected chi connectivity index (χ0v) is 19.5. The Morgan fingerprint density at radius 1 is 0.794 bits per heavy atom. The Kier molecular flexibility index (Phi) is 5.71. The van der Waals surface area contributed by atoms with Gasteiger partial charge in [-0.3, -0.25) is 14.5 Å². The third kappa shape index (κ3) is 3.85. The van der Waals surface area contributed by atoms with Gasteiger partial charge in [-0.1, -0.05) is 48.5 Å². The molecule has 3 aliphatic rings. The maximum absolute atomic E-state index is 13.7. The van der Waals surface area contributed by atoms with Crippen LogP contribution in [0.1, 0.15) is 23.2 Å². The summed E-state index contributed by atoms with van der Waals surface area (Å²) >= 11 is 0. The van der Waals surface area contributed by atoms with Crippen LogP contribution < -0.4 is 0 Å². The summed E-state index contributed by atoms with van der Waals surface area (Å²) in [4.78, 5) is 33.1. The fourth-order valence-corrected chi connectivity index (χ4v) is 5.84. The van der Waals surface area contributed by atoms with Crippen LogP contribution in [0.5, 0.6) is 0 Å². The minimum Gasteiger partial charge on any atom is -0.378 e. The van der Waals surface area contributed by atoms with Gasteiger partial charge in [-0.15, -0.1) is 0 Å². The predicted octanol–water partition coefficient (Wildman–Crippen LogP) is 3.39. The molecular weight excluding hydrogens is 426 g/mol. The van der Waals surface area contributed by atoms with Gasteiger partial charge in [0.05, 0.1) is 24.7 Å². The number of carbonyl (C=O) groups excluding carboxylic acids is 2. The van der Waals surface area contributed by atoms with E-state index >= 15 is 0 Å². The number of ether oxygens (including phenoxy) is 1. The molecule has 0 saturated carbocycles. The fourth-order valence-electron chi connectivity index (χ4n) is 5.84. The second-order valence-corrected chi connectivity index (χ2v) is 9.83. The van der Waals surface area contributed by atoms with Crippen LogP contribution in [-0.2, 0) is 9.53 Å². The van der Waals surface area contributed by atoms with Crippen molar-refractivity contribution < 1.29 is 14.3 Å². The van der Waals surface area contributed by atoms with Crippen LogP contribution in [0, 0.1) is 5.92 Å². The molecule has 3 aromatic carbocycles. The normalized spacial score (nSPS) is 22.2. The number of hydrogen-bond acceptors (Lipinski definition) is 4. The molecular formula is C28H31N3O3. The highest BCUT2D eigenvalue weighted by atomic mass is 16.5. The third-order valence-corrected chi connectivity index (χ3v) is 7.78. The van der Waals surface area contributed by atoms with E-state index in [9.17, 15) is 9.59 Å². The molecule has 3 aromatic rings. The van der Waals surface area contributed by atoms with Crippen LogP contribution in [-0.4, -0.2) is 85.0 Å². The Morgan fingerprint density at radius 2 is 1.44 bits per heavy atom. The van der Waals surface area contributed by atoms with Crippen molar-refractivity contribution in [2.24, 2.45) is 5.92 Å². The van der Waals surface area contributed by atoms with Crippen molar-refractivity contribution in [2.45, 2.75) is 18.9 Å². The Morgan fingerprint density at radius 3 is 2.12 bits per heavy atom. The van der Waals surface area contributed by atoms with Gasteiger partial charge >= 0.3 is 0 Å². The Hall–Kier alpha value is -2.96. The van der Waals surface area contributed by atoms with E-state index in [1.54, 1.807) is 0 Å². The van der Waals surface area contributed by atoms with E-state index < -0.39 is 0 Å². The molecule has 0 spiro atoms. The van der Waals surface area contributed by atoms with Crippen LogP contribution in [0.15, 0.2) is 54.6 Å². The van der Waals surface area contributed by atoms with Gasteiger partial charge in [0, 0.05) is 38.8 Å². The topological polar surface area (TPSA) is 53.1 Å². The summed E-state index contributed by atoms with van der Waals surface area (Å²) in [6, 6.07) is 18.8. The molecule has 0 bridgehead atoms. The van der Waals surface area contributed by atoms with Gasteiger partial charge in [-0.25, -0.2) is 0 Å². The SMILES string of the molecule is O=C(c1c2ccccc2cc2ccccc12)N1CC(N2CCC[C@@H](C(=O)N3CCOCC3)C2)C1. The number of amides is 2. The summed E-state index contributed by atoms with van der Waals surface area (Å²) in [6.07, 6.45) is 2.00. The Bertz CT molecular complexity index is 1180. The molecule has 0 aromatic heterocycles. The van der Waals surface area contributed by atoms with Crippen molar-refractivity contribution in [3.63, 3.8) is 0 Å². The average molecular weight is 458 g/mol. The highest BCUT2D eigenvalue weighted by molar-refractivity contribution is 6.18. The third-order valence-electron chi connectivity index (χ3n) is 7.78. The summed E-state index contributed by atoms with van der Waals surface area (Å²) in [7, 11) is 0. The van der Waals surface area contributed by atoms with Crippen LogP contribution in [0.2, 0.25) is 0 Å². The molecule has 1 atom stereocenters. The van der Waals surface area contributed by atoms with Gasteiger partial charge in [-0.05, 0) is 47.0 Å². The second-order valence-electron chi connectivity index (χ2n) is 9.83. The predicted molar refractivity (Wildman–Crippen MR) is 133 cm³/mol. The smallest absolute Gasteiger partial charge is 0.255 e. The zero-order valence-electron chi connectivity index (χ0n) is 19.5. The summed E-state index contributed by atoms with van der Waals surface area (Å²) in [5.74, 6) is 0.461. The van der Waals surface area contributed by atoms with Crippen molar-refractivity contribution in [2.75, 3.05) is 52.5 Å². The van der Waals surface area contributed by atoms with E-state index in [1.807, 2.05) is 34.1 Å². The van der Waals surface area contributed by atoms with Gasteiger partial charge in [0.2, 0.25) is 5.91 Å². The molecule has 6 heteroatoms. The summed E-state index contributed by atoms with van der Waals surface area (Å²) < 4.78 is 5.41. The molecule has 3 heterocycles. The minimum absolute atomic E-state index is 0.0682. The minimum atomic E-state index is 0.0682. The van der Waals surface area contributed by atoms with Crippen LogP contribution in [0.4, 0.5) is 0 Å². The molecule has 3 aliphatic heterocycles. The molecule has 3 saturated heterocycles. The Labute approximate surface area is 200 Å². The number of rotatable bonds is 3. The standard InChI is InChI=1S/C28H31N3O3/c32-27(29-12-14-34-15-13-29)22-8-5-11-30(17-22)23-18-31(19-23)28(33)26-24-9-3-1-6-20(24)16-21-7-2-4-10-25(21)26/h1-4,6-7,9-10,16,22-23H,5,8,11-15,17-19H2/t22-/m1/s1. The van der Waals surface area contributed by atoms with Crippen molar-refractivity contribution in [3.8, 4) is 0 Å². The largest absolute Gasteiger partial charge is 0.378 e. The summed E-state index contributed by atoms with van der Waals surface area (Å²) in [5, 5.41) is 4.23. The lowest BCUT2D eigenvalue weighted by atomic mass is 9.92. The first-order valence-corrected chi connectivity index (χ1v) is 12.5. The number of hydrogen-bond donors (Lipinski definition) is 0. The first-order chi connectivity index (χ1) is 16.7. The Balaban J connectivity index is 1.17. The maximum atomic E-state index is 13.7. The number of likely N-dealkylation sites (tertiary alicyclic amines) is 2. The van der Waals surface area contributed by atoms with Crippen molar-refractivity contribution in [3.05, 3.63) is 60.2 Å². The maximum Gasteiger partial charge on any atom is 0.255 e. The summed E-state index contributed by atoms with van der Waals surface area (Å²) in [5.41, 5.74) is 0.811. The first-order valence-electron chi connectivity index (χ1n) is 12.5. The summed E-state index contributed by atoms with van der Waals surface area (Å²) in [6.45, 7) is 5.98. The van der Waals surface area contributed by atoms with Crippen LogP contribution in [0.3, 0.4) is 0 Å². The second kappa shape index (κ2) is 9.01. The zero-order chi connectivity index (χ0) is 23.1. The van der Waals surface area contributed by atoms with Crippen LogP contribution >= 0.6 is 0 Å². The number of nitrogens with zero attached hydrogens (tertiary/aromatic N) is 3. The van der Waals surface area contributed by atoms with E-state index in [1.165, 1.54) is 0 Å². The molecule has 0 N–H and O–H groups in total. The lowest BCUT2D eigenvalue weighted by molar-refractivity contribution is -0.142. The first kappa shape index (κ1) is 21.6. The molecule has 34 heavy (non-hydrogen) atoms. The van der Waals surface area contributed by atoms with Gasteiger partial charge in [0.15, 0.2) is 0 Å². The highest BCUT2D eigenvalue weighted by Gasteiger charge is 2.39. The van der Waals surface area contributed by atoms with Crippen LogP contribution in [0.25, 0.3) is 21.5 Å². The number of piperidine rings is 1. The van der Waals surface area contributed by atoms with Gasteiger partial charge in [0.25, 0.3) is 5.91 Å². The van der Waals surface area contributed by atoms with Crippen molar-refractivity contribution >= 4 is 33.4 Å². The van der Waals surface area contributed by atoms with Gasteiger partial charge in [-0.2, -0.15) is 0 Å². The molecule has 3 fully saturated rings. The monoisotopic (exact) mass is 457 g/mol. The van der Waals surface area contributed by atoms with E-state index in [0.717, 1.165) is 66.1 Å². The molecule has 176 valence electrons. The molecule has 0 aliphatic carbocycles. The van der Waals surface area contributed by atoms with E-state index in [-0.39, 0.29) is 17.7 Å². The van der Waals surface area contributed by atoms with E-state index in [4.69, 9.17) is 4.74 Å². The lowest BCUT2D eigenvalue weighted by Gasteiger charge is -2.48. The fraction of sp³-hybridized carbons (Fsp3) is 0.429. The van der Waals surface area contributed by atoms with E-state index in [2.05, 4.69) is 35.2 Å². The quantitative estimate of drug-likeness (QED) is 0.566. The van der Waals surface area contributed by atoms with Crippen molar-refractivity contribution in [1.82, 2.24) is 14.7 Å². The number of benzene rings is 3. The molecule has 0 unspecified atom stereocenters. The highest BCUT2D eigenvalue weighted by Crippen LogP contribution is 2.32. The average Bonchev–Trinajstić information content (AvgIpc) is 2.86. The molecule has 6 rings (SSSR count). The molecule has 2 amide bonds. The number of fused-ring (bicyclic) bond motifs is 2. The number of morpholine rings is 1. The van der Waals surface area contributed by atoms with E-state index in [0.29, 0.717) is 32.3 Å². The van der Waals surface area contributed by atoms with Crippen molar-refractivity contribution in [1.29, 1.82) is 0 Å². The molecule has 0 radical (unpaired) electrons. The van der Waals surface area contributed by atoms with Gasteiger partial charge in [0.1, 0.15) is 0 Å². The lowest BCUT2D eigenvalue weighted by Crippen LogP contribution is -2.63. The molecule has 6 nitrogen and oxygen atoms in total. The number of carbonyl (C=O) groups is 2. The van der Waals surface area contributed by atoms with Gasteiger partial charge < -0.3 is 14.5 Å².